The van der Waals surface area contributed by atoms with Crippen molar-refractivity contribution >= 4 is 12.6 Å². The Morgan fingerprint density at radius 3 is 2.32 bits per heavy atom. The van der Waals surface area contributed by atoms with Gasteiger partial charge in [0.25, 0.3) is 0 Å². The maximum atomic E-state index is 6.13. The van der Waals surface area contributed by atoms with Crippen molar-refractivity contribution in [1.29, 1.82) is 0 Å². The molecule has 102 valence electrons. The molecule has 1 saturated heterocycles. The minimum Gasteiger partial charge on any atom is -0.493 e. The van der Waals surface area contributed by atoms with Gasteiger partial charge in [-0.1, -0.05) is 6.07 Å². The summed E-state index contributed by atoms with van der Waals surface area (Å²) in [6.45, 7) is 11.2. The standard InChI is InChI=1S/C15H21BO3/c1-10-11-8-9-17-13(11)7-6-12(10)16-18-14(2,3)15(4,5)19-16/h6-7H,8-9H2,1-5H3. The molecule has 2 aliphatic heterocycles. The fourth-order valence-electron chi connectivity index (χ4n) is 2.68. The lowest BCUT2D eigenvalue weighted by atomic mass is 9.75. The Hall–Kier alpha value is -0.995. The Morgan fingerprint density at radius 1 is 1.05 bits per heavy atom. The Balaban J connectivity index is 1.97. The summed E-state index contributed by atoms with van der Waals surface area (Å²) in [5, 5.41) is 0. The summed E-state index contributed by atoms with van der Waals surface area (Å²) in [7, 11) is -0.282. The van der Waals surface area contributed by atoms with Gasteiger partial charge in [-0.2, -0.15) is 0 Å². The summed E-state index contributed by atoms with van der Waals surface area (Å²) in [6.07, 6.45) is 0.981. The van der Waals surface area contributed by atoms with Crippen LogP contribution in [0.5, 0.6) is 5.75 Å². The van der Waals surface area contributed by atoms with Crippen LogP contribution in [0, 0.1) is 6.92 Å². The van der Waals surface area contributed by atoms with Crippen LogP contribution in [0.25, 0.3) is 0 Å². The van der Waals surface area contributed by atoms with Crippen LogP contribution < -0.4 is 10.2 Å². The summed E-state index contributed by atoms with van der Waals surface area (Å²) >= 11 is 0. The van der Waals surface area contributed by atoms with Gasteiger partial charge in [-0.3, -0.25) is 0 Å². The second kappa shape index (κ2) is 4.00. The highest BCUT2D eigenvalue weighted by atomic mass is 16.7. The van der Waals surface area contributed by atoms with Gasteiger partial charge in [0.05, 0.1) is 17.8 Å². The van der Waals surface area contributed by atoms with Crippen LogP contribution in [-0.4, -0.2) is 24.9 Å². The van der Waals surface area contributed by atoms with E-state index in [4.69, 9.17) is 14.0 Å². The van der Waals surface area contributed by atoms with Crippen LogP contribution in [0.2, 0.25) is 0 Å². The van der Waals surface area contributed by atoms with Crippen molar-refractivity contribution in [2.45, 2.75) is 52.2 Å². The van der Waals surface area contributed by atoms with Gasteiger partial charge >= 0.3 is 7.12 Å². The number of rotatable bonds is 1. The molecule has 0 saturated carbocycles. The van der Waals surface area contributed by atoms with E-state index >= 15 is 0 Å². The maximum Gasteiger partial charge on any atom is 0.495 e. The number of hydrogen-bond donors (Lipinski definition) is 0. The predicted octanol–water partition coefficient (Wildman–Crippen LogP) is 2.23. The van der Waals surface area contributed by atoms with Gasteiger partial charge in [0, 0.05) is 12.0 Å². The van der Waals surface area contributed by atoms with Crippen LogP contribution in [-0.2, 0) is 15.7 Å². The molecular formula is C15H21BO3. The van der Waals surface area contributed by atoms with E-state index in [9.17, 15) is 0 Å². The molecule has 0 radical (unpaired) electrons. The molecule has 0 aliphatic carbocycles. The molecule has 0 unspecified atom stereocenters. The SMILES string of the molecule is Cc1c(B2OC(C)(C)C(C)(C)O2)ccc2c1CCO2. The largest absolute Gasteiger partial charge is 0.495 e. The molecule has 0 N–H and O–H groups in total. The molecule has 1 aromatic carbocycles. The number of benzene rings is 1. The molecule has 4 heteroatoms. The van der Waals surface area contributed by atoms with Crippen molar-refractivity contribution in [2.75, 3.05) is 6.61 Å². The van der Waals surface area contributed by atoms with Crippen LogP contribution in [0.1, 0.15) is 38.8 Å². The summed E-state index contributed by atoms with van der Waals surface area (Å²) in [5.41, 5.74) is 3.09. The lowest BCUT2D eigenvalue weighted by Gasteiger charge is -2.32. The highest BCUT2D eigenvalue weighted by molar-refractivity contribution is 6.62. The van der Waals surface area contributed by atoms with Gasteiger partial charge < -0.3 is 14.0 Å². The van der Waals surface area contributed by atoms with E-state index in [1.165, 1.54) is 11.1 Å². The van der Waals surface area contributed by atoms with Crippen molar-refractivity contribution < 1.29 is 14.0 Å². The second-order valence-electron chi connectivity index (χ2n) is 6.44. The maximum absolute atomic E-state index is 6.13. The van der Waals surface area contributed by atoms with Crippen LogP contribution in [0.3, 0.4) is 0 Å². The first-order chi connectivity index (χ1) is 8.82. The molecule has 2 heterocycles. The predicted molar refractivity (Wildman–Crippen MR) is 76.1 cm³/mol. The molecule has 0 bridgehead atoms. The smallest absolute Gasteiger partial charge is 0.493 e. The molecule has 0 aromatic heterocycles. The first-order valence-electron chi connectivity index (χ1n) is 6.93. The van der Waals surface area contributed by atoms with E-state index in [0.717, 1.165) is 24.2 Å². The van der Waals surface area contributed by atoms with Crippen molar-refractivity contribution in [3.8, 4) is 5.75 Å². The minimum absolute atomic E-state index is 0.282. The molecule has 0 amide bonds. The Kier molecular flexibility index (Phi) is 2.74. The summed E-state index contributed by atoms with van der Waals surface area (Å²) in [4.78, 5) is 0. The zero-order valence-electron chi connectivity index (χ0n) is 12.4. The summed E-state index contributed by atoms with van der Waals surface area (Å²) < 4.78 is 17.9. The van der Waals surface area contributed by atoms with Crippen LogP contribution in [0.15, 0.2) is 12.1 Å². The molecule has 0 spiro atoms. The third-order valence-corrected chi connectivity index (χ3v) is 4.71. The first kappa shape index (κ1) is 13.0. The highest BCUT2D eigenvalue weighted by Crippen LogP contribution is 2.37. The molecule has 0 atom stereocenters. The molecule has 1 aromatic rings. The monoisotopic (exact) mass is 260 g/mol. The van der Waals surface area contributed by atoms with Gasteiger partial charge in [0.1, 0.15) is 5.75 Å². The van der Waals surface area contributed by atoms with E-state index in [-0.39, 0.29) is 18.3 Å². The quantitative estimate of drug-likeness (QED) is 0.725. The van der Waals surface area contributed by atoms with Crippen molar-refractivity contribution in [2.24, 2.45) is 0 Å². The normalized spacial score (nSPS) is 23.3. The third-order valence-electron chi connectivity index (χ3n) is 4.71. The highest BCUT2D eigenvalue weighted by Gasteiger charge is 2.52. The van der Waals surface area contributed by atoms with E-state index in [1.54, 1.807) is 0 Å². The average molecular weight is 260 g/mol. The van der Waals surface area contributed by atoms with Crippen LogP contribution >= 0.6 is 0 Å². The molecule has 1 fully saturated rings. The number of ether oxygens (including phenoxy) is 1. The first-order valence-corrected chi connectivity index (χ1v) is 6.93. The van der Waals surface area contributed by atoms with Crippen molar-refractivity contribution in [3.05, 3.63) is 23.3 Å². The van der Waals surface area contributed by atoms with E-state index < -0.39 is 0 Å². The molecule has 3 nitrogen and oxygen atoms in total. The van der Waals surface area contributed by atoms with Crippen molar-refractivity contribution in [1.82, 2.24) is 0 Å². The lowest BCUT2D eigenvalue weighted by molar-refractivity contribution is 0.00578. The molecule has 19 heavy (non-hydrogen) atoms. The Labute approximate surface area is 115 Å². The van der Waals surface area contributed by atoms with Gasteiger partial charge in [0.2, 0.25) is 0 Å². The van der Waals surface area contributed by atoms with Gasteiger partial charge in [-0.25, -0.2) is 0 Å². The topological polar surface area (TPSA) is 27.7 Å². The van der Waals surface area contributed by atoms with E-state index in [2.05, 4.69) is 40.7 Å². The van der Waals surface area contributed by atoms with Crippen molar-refractivity contribution in [3.63, 3.8) is 0 Å². The summed E-state index contributed by atoms with van der Waals surface area (Å²) in [6, 6.07) is 4.11. The molecule has 2 aliphatic rings. The summed E-state index contributed by atoms with van der Waals surface area (Å²) in [5.74, 6) is 1.01. The van der Waals surface area contributed by atoms with Gasteiger partial charge in [0.15, 0.2) is 0 Å². The third kappa shape index (κ3) is 1.89. The van der Waals surface area contributed by atoms with E-state index in [1.807, 2.05) is 6.07 Å². The second-order valence-corrected chi connectivity index (χ2v) is 6.44. The van der Waals surface area contributed by atoms with Crippen LogP contribution in [0.4, 0.5) is 0 Å². The fraction of sp³-hybridized carbons (Fsp3) is 0.600. The minimum atomic E-state index is -0.292. The molecular weight excluding hydrogens is 239 g/mol. The molecule has 3 rings (SSSR count). The van der Waals surface area contributed by atoms with Gasteiger partial charge in [-0.15, -0.1) is 0 Å². The average Bonchev–Trinajstić information content (AvgIpc) is 2.83. The van der Waals surface area contributed by atoms with Gasteiger partial charge in [-0.05, 0) is 51.7 Å². The number of hydrogen-bond acceptors (Lipinski definition) is 3. The zero-order valence-corrected chi connectivity index (χ0v) is 12.4. The Bertz CT molecular complexity index is 506. The lowest BCUT2D eigenvalue weighted by Crippen LogP contribution is -2.41. The number of fused-ring (bicyclic) bond motifs is 1. The Morgan fingerprint density at radius 2 is 1.68 bits per heavy atom. The fourth-order valence-corrected chi connectivity index (χ4v) is 2.68. The zero-order chi connectivity index (χ0) is 13.8. The van der Waals surface area contributed by atoms with E-state index in [0.29, 0.717) is 0 Å².